The summed E-state index contributed by atoms with van der Waals surface area (Å²) >= 11 is 0. The van der Waals surface area contributed by atoms with Gasteiger partial charge in [0, 0.05) is 54.4 Å². The molecule has 3 heterocycles. The fraction of sp³-hybridized carbons (Fsp3) is 0.350. The molecule has 0 radical (unpaired) electrons. The van der Waals surface area contributed by atoms with Crippen LogP contribution in [-0.2, 0) is 6.54 Å². The van der Waals surface area contributed by atoms with E-state index >= 15 is 0 Å². The van der Waals surface area contributed by atoms with E-state index in [1.807, 2.05) is 47.6 Å². The number of carbonyl (C=O) groups excluding carboxylic acids is 1. The summed E-state index contributed by atoms with van der Waals surface area (Å²) in [6.07, 6.45) is 8.96. The zero-order valence-corrected chi connectivity index (χ0v) is 14.9. The lowest BCUT2D eigenvalue weighted by Gasteiger charge is -2.33. The van der Waals surface area contributed by atoms with Crippen molar-refractivity contribution in [2.45, 2.75) is 38.8 Å². The molecule has 1 saturated heterocycles. The SMILES string of the molecule is CC1CCCCN1C(=O)c1ccc(NCc2cnc3ccnn3c2)cc1. The molecule has 1 unspecified atom stereocenters. The number of hydrogen-bond donors (Lipinski definition) is 1. The normalized spacial score (nSPS) is 17.4. The maximum absolute atomic E-state index is 12.7. The second kappa shape index (κ2) is 7.15. The summed E-state index contributed by atoms with van der Waals surface area (Å²) in [7, 11) is 0. The average Bonchev–Trinajstić information content (AvgIpc) is 3.14. The zero-order valence-electron chi connectivity index (χ0n) is 14.9. The molecular formula is C20H23N5O. The number of hydrogen-bond acceptors (Lipinski definition) is 4. The number of nitrogens with zero attached hydrogens (tertiary/aromatic N) is 4. The Balaban J connectivity index is 1.40. The van der Waals surface area contributed by atoms with Gasteiger partial charge in [0.2, 0.25) is 0 Å². The minimum absolute atomic E-state index is 0.136. The number of rotatable bonds is 4. The predicted octanol–water partition coefficient (Wildman–Crippen LogP) is 3.36. The summed E-state index contributed by atoms with van der Waals surface area (Å²) < 4.78 is 1.76. The highest BCUT2D eigenvalue weighted by Gasteiger charge is 2.23. The van der Waals surface area contributed by atoms with Crippen molar-refractivity contribution in [1.82, 2.24) is 19.5 Å². The maximum atomic E-state index is 12.7. The van der Waals surface area contributed by atoms with Crippen LogP contribution in [0.1, 0.15) is 42.1 Å². The lowest BCUT2D eigenvalue weighted by molar-refractivity contribution is 0.0635. The number of aromatic nitrogens is 3. The lowest BCUT2D eigenvalue weighted by atomic mass is 10.0. The molecule has 6 nitrogen and oxygen atoms in total. The van der Waals surface area contributed by atoms with Gasteiger partial charge in [-0.3, -0.25) is 4.79 Å². The number of benzene rings is 1. The van der Waals surface area contributed by atoms with Gasteiger partial charge in [0.15, 0.2) is 5.65 Å². The Morgan fingerprint density at radius 2 is 2.08 bits per heavy atom. The molecule has 1 atom stereocenters. The number of anilines is 1. The van der Waals surface area contributed by atoms with Crippen LogP contribution in [-0.4, -0.2) is 38.0 Å². The van der Waals surface area contributed by atoms with Crippen molar-refractivity contribution >= 4 is 17.2 Å². The molecule has 1 aliphatic rings. The van der Waals surface area contributed by atoms with E-state index in [2.05, 4.69) is 22.3 Å². The molecule has 6 heteroatoms. The summed E-state index contributed by atoms with van der Waals surface area (Å²) in [5, 5.41) is 7.57. The van der Waals surface area contributed by atoms with Crippen LogP contribution < -0.4 is 5.32 Å². The molecule has 0 spiro atoms. The molecule has 1 amide bonds. The first-order valence-corrected chi connectivity index (χ1v) is 9.14. The van der Waals surface area contributed by atoms with Crippen molar-refractivity contribution in [2.24, 2.45) is 0 Å². The minimum Gasteiger partial charge on any atom is -0.381 e. The van der Waals surface area contributed by atoms with Gasteiger partial charge in [0.25, 0.3) is 5.91 Å². The highest BCUT2D eigenvalue weighted by Crippen LogP contribution is 2.20. The van der Waals surface area contributed by atoms with Crippen LogP contribution in [0.3, 0.4) is 0 Å². The van der Waals surface area contributed by atoms with Gasteiger partial charge >= 0.3 is 0 Å². The second-order valence-corrected chi connectivity index (χ2v) is 6.87. The van der Waals surface area contributed by atoms with E-state index in [4.69, 9.17) is 0 Å². The monoisotopic (exact) mass is 349 g/mol. The van der Waals surface area contributed by atoms with Gasteiger partial charge in [-0.15, -0.1) is 0 Å². The van der Waals surface area contributed by atoms with Gasteiger partial charge < -0.3 is 10.2 Å². The fourth-order valence-electron chi connectivity index (χ4n) is 3.44. The molecule has 1 aromatic carbocycles. The van der Waals surface area contributed by atoms with E-state index < -0.39 is 0 Å². The van der Waals surface area contributed by atoms with Crippen LogP contribution >= 0.6 is 0 Å². The van der Waals surface area contributed by atoms with Crippen molar-refractivity contribution in [3.63, 3.8) is 0 Å². The summed E-state index contributed by atoms with van der Waals surface area (Å²) in [6, 6.07) is 9.93. The summed E-state index contributed by atoms with van der Waals surface area (Å²) in [4.78, 5) is 19.0. The Morgan fingerprint density at radius 3 is 2.88 bits per heavy atom. The third-order valence-corrected chi connectivity index (χ3v) is 4.99. The van der Waals surface area contributed by atoms with Crippen LogP contribution in [0.4, 0.5) is 5.69 Å². The number of piperidine rings is 1. The van der Waals surface area contributed by atoms with Gasteiger partial charge in [-0.2, -0.15) is 5.10 Å². The molecule has 2 aromatic heterocycles. The van der Waals surface area contributed by atoms with Gasteiger partial charge in [0.1, 0.15) is 0 Å². The standard InChI is InChI=1S/C20H23N5O/c1-15-4-2-3-11-24(15)20(26)17-5-7-18(8-6-17)21-12-16-13-22-19-9-10-23-25(19)14-16/h5-10,13-15,21H,2-4,11-12H2,1H3. The second-order valence-electron chi connectivity index (χ2n) is 6.87. The third kappa shape index (κ3) is 3.40. The zero-order chi connectivity index (χ0) is 17.9. The number of nitrogens with one attached hydrogen (secondary N) is 1. The van der Waals surface area contributed by atoms with Crippen molar-refractivity contribution in [3.8, 4) is 0 Å². The van der Waals surface area contributed by atoms with Gasteiger partial charge in [-0.25, -0.2) is 9.50 Å². The number of amides is 1. The number of fused-ring (bicyclic) bond motifs is 1. The minimum atomic E-state index is 0.136. The van der Waals surface area contributed by atoms with Crippen molar-refractivity contribution in [3.05, 3.63) is 60.0 Å². The maximum Gasteiger partial charge on any atom is 0.254 e. The van der Waals surface area contributed by atoms with E-state index in [-0.39, 0.29) is 5.91 Å². The molecule has 1 N–H and O–H groups in total. The Kier molecular flexibility index (Phi) is 4.56. The van der Waals surface area contributed by atoms with Gasteiger partial charge in [-0.05, 0) is 50.5 Å². The molecule has 1 fully saturated rings. The average molecular weight is 349 g/mol. The van der Waals surface area contributed by atoms with Crippen LogP contribution in [0.5, 0.6) is 0 Å². The Labute approximate surface area is 152 Å². The van der Waals surface area contributed by atoms with Crippen molar-refractivity contribution in [2.75, 3.05) is 11.9 Å². The third-order valence-electron chi connectivity index (χ3n) is 4.99. The molecular weight excluding hydrogens is 326 g/mol. The van der Waals surface area contributed by atoms with E-state index in [1.54, 1.807) is 10.7 Å². The molecule has 4 rings (SSSR count). The molecule has 0 bridgehead atoms. The first-order valence-electron chi connectivity index (χ1n) is 9.14. The fourth-order valence-corrected chi connectivity index (χ4v) is 3.44. The molecule has 0 saturated carbocycles. The molecule has 3 aromatic rings. The van der Waals surface area contributed by atoms with Gasteiger partial charge in [-0.1, -0.05) is 0 Å². The van der Waals surface area contributed by atoms with E-state index in [0.717, 1.165) is 41.8 Å². The molecule has 134 valence electrons. The number of carbonyl (C=O) groups is 1. The van der Waals surface area contributed by atoms with Crippen LogP contribution in [0.2, 0.25) is 0 Å². The Hall–Kier alpha value is -2.89. The molecule has 26 heavy (non-hydrogen) atoms. The van der Waals surface area contributed by atoms with Crippen LogP contribution in [0, 0.1) is 0 Å². The molecule has 1 aliphatic heterocycles. The highest BCUT2D eigenvalue weighted by molar-refractivity contribution is 5.94. The summed E-state index contributed by atoms with van der Waals surface area (Å²) in [5.41, 5.74) is 3.62. The van der Waals surface area contributed by atoms with Crippen LogP contribution in [0.25, 0.3) is 5.65 Å². The Bertz CT molecular complexity index is 902. The van der Waals surface area contributed by atoms with E-state index in [9.17, 15) is 4.79 Å². The molecule has 0 aliphatic carbocycles. The predicted molar refractivity (Wildman–Crippen MR) is 101 cm³/mol. The summed E-state index contributed by atoms with van der Waals surface area (Å²) in [6.45, 7) is 3.65. The topological polar surface area (TPSA) is 62.5 Å². The van der Waals surface area contributed by atoms with E-state index in [0.29, 0.717) is 12.6 Å². The van der Waals surface area contributed by atoms with Gasteiger partial charge in [0.05, 0.1) is 6.20 Å². The largest absolute Gasteiger partial charge is 0.381 e. The lowest BCUT2D eigenvalue weighted by Crippen LogP contribution is -2.41. The quantitative estimate of drug-likeness (QED) is 0.784. The first-order chi connectivity index (χ1) is 12.7. The summed E-state index contributed by atoms with van der Waals surface area (Å²) in [5.74, 6) is 0.136. The first kappa shape index (κ1) is 16.6. The van der Waals surface area contributed by atoms with Crippen LogP contribution in [0.15, 0.2) is 48.9 Å². The van der Waals surface area contributed by atoms with E-state index in [1.165, 1.54) is 6.42 Å². The smallest absolute Gasteiger partial charge is 0.254 e. The highest BCUT2D eigenvalue weighted by atomic mass is 16.2. The van der Waals surface area contributed by atoms with Crippen molar-refractivity contribution in [1.29, 1.82) is 0 Å². The number of likely N-dealkylation sites (tertiary alicyclic amines) is 1. The van der Waals surface area contributed by atoms with Crippen molar-refractivity contribution < 1.29 is 4.79 Å². The Morgan fingerprint density at radius 1 is 1.23 bits per heavy atom.